The molecule has 66 valence electrons. The van der Waals surface area contributed by atoms with Gasteiger partial charge >= 0.3 is 0 Å². The van der Waals surface area contributed by atoms with Gasteiger partial charge in [-0.25, -0.2) is 0 Å². The smallest absolute Gasteiger partial charge is 0.00645 e. The highest BCUT2D eigenvalue weighted by Crippen LogP contribution is 2.25. The lowest BCUT2D eigenvalue weighted by molar-refractivity contribution is 0.278. The van der Waals surface area contributed by atoms with Gasteiger partial charge in [0.2, 0.25) is 0 Å². The van der Waals surface area contributed by atoms with Crippen molar-refractivity contribution in [3.63, 3.8) is 0 Å². The van der Waals surface area contributed by atoms with Crippen LogP contribution in [-0.4, -0.2) is 12.1 Å². The zero-order valence-corrected chi connectivity index (χ0v) is 7.42. The molecule has 1 atom stereocenters. The molecular weight excluding hydrogens is 136 g/mol. The highest BCUT2D eigenvalue weighted by Gasteiger charge is 2.22. The van der Waals surface area contributed by atoms with Crippen molar-refractivity contribution in [1.82, 2.24) is 0 Å². The van der Waals surface area contributed by atoms with Gasteiger partial charge in [-0.1, -0.05) is 6.92 Å². The fourth-order valence-corrected chi connectivity index (χ4v) is 1.91. The lowest BCUT2D eigenvalue weighted by atomic mass is 9.81. The van der Waals surface area contributed by atoms with Gasteiger partial charge in [0.25, 0.3) is 0 Å². The minimum absolute atomic E-state index is 0.419. The Bertz CT molecular complexity index is 106. The van der Waals surface area contributed by atoms with Crippen molar-refractivity contribution in [2.75, 3.05) is 0 Å². The summed E-state index contributed by atoms with van der Waals surface area (Å²) in [5, 5.41) is 0. The molecule has 0 spiro atoms. The molecule has 2 heteroatoms. The van der Waals surface area contributed by atoms with Crippen LogP contribution in [0.4, 0.5) is 0 Å². The molecule has 1 rings (SSSR count). The molecule has 11 heavy (non-hydrogen) atoms. The van der Waals surface area contributed by atoms with Gasteiger partial charge in [-0.3, -0.25) is 0 Å². The molecule has 0 aromatic heterocycles. The summed E-state index contributed by atoms with van der Waals surface area (Å²) in [6, 6.07) is 0.873. The maximum Gasteiger partial charge on any atom is 0.00645 e. The molecule has 0 saturated heterocycles. The molecule has 1 aliphatic rings. The molecule has 4 N–H and O–H groups in total. The van der Waals surface area contributed by atoms with Crippen LogP contribution >= 0.6 is 0 Å². The van der Waals surface area contributed by atoms with Crippen LogP contribution in [0.25, 0.3) is 0 Å². The summed E-state index contributed by atoms with van der Waals surface area (Å²) in [4.78, 5) is 0. The topological polar surface area (TPSA) is 52.0 Å². The normalized spacial score (nSPS) is 35.2. The second-order valence-electron chi connectivity index (χ2n) is 3.75. The van der Waals surface area contributed by atoms with Crippen LogP contribution in [0.15, 0.2) is 0 Å². The van der Waals surface area contributed by atoms with E-state index >= 15 is 0 Å². The molecule has 0 aliphatic heterocycles. The van der Waals surface area contributed by atoms with Crippen LogP contribution < -0.4 is 11.5 Å². The van der Waals surface area contributed by atoms with Crippen molar-refractivity contribution in [2.24, 2.45) is 17.4 Å². The largest absolute Gasteiger partial charge is 0.328 e. The molecule has 1 unspecified atom stereocenters. The van der Waals surface area contributed by atoms with E-state index in [1.807, 2.05) is 0 Å². The van der Waals surface area contributed by atoms with E-state index in [9.17, 15) is 0 Å². The van der Waals surface area contributed by atoms with Gasteiger partial charge in [-0.2, -0.15) is 0 Å². The van der Waals surface area contributed by atoms with Crippen molar-refractivity contribution in [1.29, 1.82) is 0 Å². The van der Waals surface area contributed by atoms with Crippen LogP contribution in [0.3, 0.4) is 0 Å². The molecule has 0 bridgehead atoms. The monoisotopic (exact) mass is 156 g/mol. The zero-order chi connectivity index (χ0) is 8.27. The first-order valence-electron chi connectivity index (χ1n) is 4.75. The van der Waals surface area contributed by atoms with E-state index in [2.05, 4.69) is 6.92 Å². The first-order valence-corrected chi connectivity index (χ1v) is 4.75. The minimum atomic E-state index is 0.419. The maximum atomic E-state index is 5.95. The Morgan fingerprint density at radius 1 is 1.27 bits per heavy atom. The SMILES string of the molecule is CCC(N)C1CCC(N)CC1. The Morgan fingerprint density at radius 2 is 1.82 bits per heavy atom. The summed E-state index contributed by atoms with van der Waals surface area (Å²) >= 11 is 0. The molecule has 2 nitrogen and oxygen atoms in total. The fourth-order valence-electron chi connectivity index (χ4n) is 1.91. The summed E-state index contributed by atoms with van der Waals surface area (Å²) in [6.07, 6.45) is 5.96. The van der Waals surface area contributed by atoms with Gasteiger partial charge in [-0.15, -0.1) is 0 Å². The van der Waals surface area contributed by atoms with Crippen LogP contribution in [-0.2, 0) is 0 Å². The number of rotatable bonds is 2. The quantitative estimate of drug-likeness (QED) is 0.632. The van der Waals surface area contributed by atoms with E-state index in [0.29, 0.717) is 12.1 Å². The summed E-state index contributed by atoms with van der Waals surface area (Å²) in [5.74, 6) is 0.750. The van der Waals surface area contributed by atoms with Gasteiger partial charge in [0.15, 0.2) is 0 Å². The molecule has 1 saturated carbocycles. The third-order valence-electron chi connectivity index (χ3n) is 2.89. The molecule has 0 heterocycles. The summed E-state index contributed by atoms with van der Waals surface area (Å²) in [5.41, 5.74) is 11.8. The lowest BCUT2D eigenvalue weighted by Gasteiger charge is -2.29. The van der Waals surface area contributed by atoms with Crippen molar-refractivity contribution < 1.29 is 0 Å². The first-order chi connectivity index (χ1) is 5.24. The zero-order valence-electron chi connectivity index (χ0n) is 7.42. The van der Waals surface area contributed by atoms with E-state index in [0.717, 1.165) is 12.3 Å². The average molecular weight is 156 g/mol. The molecule has 0 aromatic carbocycles. The standard InChI is InChI=1S/C9H20N2/c1-2-9(11)7-3-5-8(10)6-4-7/h7-9H,2-6,10-11H2,1H3. The minimum Gasteiger partial charge on any atom is -0.328 e. The van der Waals surface area contributed by atoms with Crippen molar-refractivity contribution in [3.8, 4) is 0 Å². The second kappa shape index (κ2) is 4.07. The predicted molar refractivity (Wildman–Crippen MR) is 48.2 cm³/mol. The number of nitrogens with two attached hydrogens (primary N) is 2. The van der Waals surface area contributed by atoms with Crippen LogP contribution in [0, 0.1) is 5.92 Å². The summed E-state index contributed by atoms with van der Waals surface area (Å²) in [7, 11) is 0. The van der Waals surface area contributed by atoms with Crippen LogP contribution in [0.5, 0.6) is 0 Å². The highest BCUT2D eigenvalue weighted by atomic mass is 14.7. The van der Waals surface area contributed by atoms with Crippen molar-refractivity contribution >= 4 is 0 Å². The Morgan fingerprint density at radius 3 is 2.27 bits per heavy atom. The molecule has 1 aliphatic carbocycles. The Kier molecular flexibility index (Phi) is 3.34. The van der Waals surface area contributed by atoms with Crippen molar-refractivity contribution in [3.05, 3.63) is 0 Å². The number of hydrogen-bond acceptors (Lipinski definition) is 2. The Labute approximate surface area is 69.3 Å². The first kappa shape index (κ1) is 9.01. The summed E-state index contributed by atoms with van der Waals surface area (Å²) in [6.45, 7) is 2.17. The molecule has 0 aromatic rings. The van der Waals surface area contributed by atoms with Gasteiger partial charge in [0.05, 0.1) is 0 Å². The van der Waals surface area contributed by atoms with E-state index in [1.54, 1.807) is 0 Å². The summed E-state index contributed by atoms with van der Waals surface area (Å²) < 4.78 is 0. The fraction of sp³-hybridized carbons (Fsp3) is 1.00. The van der Waals surface area contributed by atoms with Gasteiger partial charge < -0.3 is 11.5 Å². The van der Waals surface area contributed by atoms with Crippen LogP contribution in [0.1, 0.15) is 39.0 Å². The van der Waals surface area contributed by atoms with E-state index in [4.69, 9.17) is 11.5 Å². The lowest BCUT2D eigenvalue weighted by Crippen LogP contribution is -2.35. The highest BCUT2D eigenvalue weighted by molar-refractivity contribution is 4.80. The number of hydrogen-bond donors (Lipinski definition) is 2. The van der Waals surface area contributed by atoms with E-state index in [-0.39, 0.29) is 0 Å². The molecule has 0 amide bonds. The predicted octanol–water partition coefficient (Wildman–Crippen LogP) is 1.24. The van der Waals surface area contributed by atoms with Gasteiger partial charge in [-0.05, 0) is 38.0 Å². The van der Waals surface area contributed by atoms with Crippen LogP contribution in [0.2, 0.25) is 0 Å². The van der Waals surface area contributed by atoms with Crippen molar-refractivity contribution in [2.45, 2.75) is 51.1 Å². The average Bonchev–Trinajstić information content (AvgIpc) is 2.05. The molecular formula is C9H20N2. The van der Waals surface area contributed by atoms with Gasteiger partial charge in [0.1, 0.15) is 0 Å². The maximum absolute atomic E-state index is 5.95. The van der Waals surface area contributed by atoms with E-state index < -0.39 is 0 Å². The van der Waals surface area contributed by atoms with E-state index in [1.165, 1.54) is 25.7 Å². The second-order valence-corrected chi connectivity index (χ2v) is 3.75. The Hall–Kier alpha value is -0.0800. The third-order valence-corrected chi connectivity index (χ3v) is 2.89. The molecule has 1 fully saturated rings. The Balaban J connectivity index is 2.27. The third kappa shape index (κ3) is 2.46. The van der Waals surface area contributed by atoms with Gasteiger partial charge in [0, 0.05) is 12.1 Å². The molecule has 0 radical (unpaired) electrons.